The number of ether oxygens (including phenoxy) is 1. The minimum atomic E-state index is -3.00. The Kier molecular flexibility index (Phi) is 7.97. The lowest BCUT2D eigenvalue weighted by atomic mass is 9.92. The zero-order chi connectivity index (χ0) is 27.4. The minimum absolute atomic E-state index is 0.112. The average Bonchev–Trinajstić information content (AvgIpc) is 2.85. The number of carbonyl (C=O) groups is 1. The number of benzene rings is 3. The molecule has 1 heterocycles. The second-order valence-corrected chi connectivity index (χ2v) is 11.9. The molecule has 0 aliphatic heterocycles. The highest BCUT2D eigenvalue weighted by Crippen LogP contribution is 2.35. The van der Waals surface area contributed by atoms with Gasteiger partial charge in [-0.15, -0.1) is 0 Å². The van der Waals surface area contributed by atoms with Crippen LogP contribution in [0.2, 0.25) is 0 Å². The van der Waals surface area contributed by atoms with Crippen LogP contribution in [0.25, 0.3) is 39.4 Å². The van der Waals surface area contributed by atoms with Crippen LogP contribution in [0.3, 0.4) is 0 Å². The van der Waals surface area contributed by atoms with E-state index in [4.69, 9.17) is 14.8 Å². The molecule has 0 radical (unpaired) electrons. The summed E-state index contributed by atoms with van der Waals surface area (Å²) < 4.78 is 28.5. The normalized spacial score (nSPS) is 11.8. The van der Waals surface area contributed by atoms with Crippen molar-refractivity contribution in [1.82, 2.24) is 4.98 Å². The summed E-state index contributed by atoms with van der Waals surface area (Å²) in [4.78, 5) is 15.7. The fourth-order valence-corrected chi connectivity index (χ4v) is 5.23. The minimum Gasteiger partial charge on any atom is -0.494 e. The number of fused-ring (bicyclic) bond motifs is 1. The van der Waals surface area contributed by atoms with Crippen LogP contribution in [0.1, 0.15) is 28.7 Å². The third kappa shape index (κ3) is 6.66. The Hall–Kier alpha value is -3.97. The molecular formula is C31H31NO5S. The van der Waals surface area contributed by atoms with Gasteiger partial charge in [-0.2, -0.15) is 0 Å². The molecule has 0 aliphatic carbocycles. The zero-order valence-corrected chi connectivity index (χ0v) is 22.8. The van der Waals surface area contributed by atoms with E-state index in [9.17, 15) is 13.2 Å². The summed E-state index contributed by atoms with van der Waals surface area (Å²) in [5.74, 6) is -0.134. The molecule has 1 N–H and O–H groups in total. The van der Waals surface area contributed by atoms with Crippen molar-refractivity contribution >= 4 is 32.8 Å². The fourth-order valence-electron chi connectivity index (χ4n) is 4.59. The third-order valence-corrected chi connectivity index (χ3v) is 7.40. The summed E-state index contributed by atoms with van der Waals surface area (Å²) in [5.41, 5.74) is 9.03. The first-order chi connectivity index (χ1) is 18.0. The molecule has 0 unspecified atom stereocenters. The van der Waals surface area contributed by atoms with Crippen LogP contribution in [0, 0.1) is 20.8 Å². The molecule has 1 aromatic heterocycles. The monoisotopic (exact) mass is 529 g/mol. The lowest BCUT2D eigenvalue weighted by Gasteiger charge is -2.16. The van der Waals surface area contributed by atoms with Gasteiger partial charge in [0.25, 0.3) is 0 Å². The number of hydrogen-bond acceptors (Lipinski definition) is 5. The predicted octanol–water partition coefficient (Wildman–Crippen LogP) is 6.41. The molecule has 0 atom stereocenters. The maximum absolute atomic E-state index is 11.3. The first-order valence-electron chi connectivity index (χ1n) is 12.4. The predicted molar refractivity (Wildman–Crippen MR) is 153 cm³/mol. The molecule has 0 saturated heterocycles. The first-order valence-corrected chi connectivity index (χ1v) is 14.4. The van der Waals surface area contributed by atoms with Gasteiger partial charge in [-0.25, -0.2) is 18.2 Å². The number of aliphatic carboxylic acids is 1. The van der Waals surface area contributed by atoms with Gasteiger partial charge in [0.1, 0.15) is 15.6 Å². The van der Waals surface area contributed by atoms with Crippen LogP contribution >= 0.6 is 0 Å². The van der Waals surface area contributed by atoms with Crippen LogP contribution in [0.15, 0.2) is 66.7 Å². The summed E-state index contributed by atoms with van der Waals surface area (Å²) in [6.45, 7) is 6.52. The van der Waals surface area contributed by atoms with E-state index in [-0.39, 0.29) is 5.75 Å². The van der Waals surface area contributed by atoms with Gasteiger partial charge in [0.2, 0.25) is 0 Å². The largest absolute Gasteiger partial charge is 0.494 e. The van der Waals surface area contributed by atoms with Crippen molar-refractivity contribution in [2.45, 2.75) is 27.2 Å². The molecule has 0 spiro atoms. The number of rotatable bonds is 9. The SMILES string of the molecule is Cc1ccc(-c2c(C)cc(OCCCS(C)(=O)=O)cc2C)cc1-c1ccc2cc(C=CC(=O)O)ccc2n1. The Bertz CT molecular complexity index is 1630. The lowest BCUT2D eigenvalue weighted by molar-refractivity contribution is -0.131. The molecule has 4 aromatic rings. The molecular weight excluding hydrogens is 498 g/mol. The van der Waals surface area contributed by atoms with E-state index < -0.39 is 15.8 Å². The maximum atomic E-state index is 11.3. The van der Waals surface area contributed by atoms with Crippen molar-refractivity contribution in [3.8, 4) is 28.1 Å². The highest BCUT2D eigenvalue weighted by Gasteiger charge is 2.13. The Morgan fingerprint density at radius 3 is 2.37 bits per heavy atom. The molecule has 3 aromatic carbocycles. The summed E-state index contributed by atoms with van der Waals surface area (Å²) in [6.07, 6.45) is 4.39. The van der Waals surface area contributed by atoms with Gasteiger partial charge < -0.3 is 9.84 Å². The van der Waals surface area contributed by atoms with Gasteiger partial charge >= 0.3 is 5.97 Å². The van der Waals surface area contributed by atoms with Crippen LogP contribution in [0.4, 0.5) is 0 Å². The Labute approximate surface area is 223 Å². The second-order valence-electron chi connectivity index (χ2n) is 9.61. The highest BCUT2D eigenvalue weighted by molar-refractivity contribution is 7.90. The van der Waals surface area contributed by atoms with Crippen molar-refractivity contribution in [3.05, 3.63) is 89.0 Å². The smallest absolute Gasteiger partial charge is 0.328 e. The molecule has 0 bridgehead atoms. The van der Waals surface area contributed by atoms with Crippen LogP contribution in [-0.2, 0) is 14.6 Å². The number of aryl methyl sites for hydroxylation is 3. The maximum Gasteiger partial charge on any atom is 0.328 e. The quantitative estimate of drug-likeness (QED) is 0.199. The number of carboxylic acid groups (broad SMARTS) is 1. The summed E-state index contributed by atoms with van der Waals surface area (Å²) >= 11 is 0. The molecule has 0 aliphatic rings. The number of hydrogen-bond donors (Lipinski definition) is 1. The Morgan fingerprint density at radius 2 is 1.68 bits per heavy atom. The molecule has 0 saturated carbocycles. The van der Waals surface area contributed by atoms with Crippen LogP contribution < -0.4 is 4.74 Å². The number of sulfone groups is 1. The standard InChI is InChI=1S/C31H31NO5S/c1-20-6-9-25(31-21(2)16-26(17-22(31)3)37-14-5-15-38(4,35)36)19-27(20)29-12-10-24-18-23(8-13-30(33)34)7-11-28(24)32-29/h6-13,16-19H,5,14-15H2,1-4H3,(H,33,34). The van der Waals surface area contributed by atoms with E-state index >= 15 is 0 Å². The second kappa shape index (κ2) is 11.2. The van der Waals surface area contributed by atoms with Gasteiger partial charge in [-0.05, 0) is 103 Å². The molecule has 38 heavy (non-hydrogen) atoms. The fraction of sp³-hybridized carbons (Fsp3) is 0.226. The van der Waals surface area contributed by atoms with Gasteiger partial charge in [0.05, 0.1) is 23.6 Å². The van der Waals surface area contributed by atoms with E-state index in [1.165, 1.54) is 6.26 Å². The zero-order valence-electron chi connectivity index (χ0n) is 22.0. The number of nitrogens with zero attached hydrogens (tertiary/aromatic N) is 1. The number of pyridine rings is 1. The van der Waals surface area contributed by atoms with Crippen LogP contribution in [0.5, 0.6) is 5.75 Å². The van der Waals surface area contributed by atoms with E-state index in [1.54, 1.807) is 6.08 Å². The van der Waals surface area contributed by atoms with Crippen molar-refractivity contribution in [2.24, 2.45) is 0 Å². The summed E-state index contributed by atoms with van der Waals surface area (Å²) in [7, 11) is -3.00. The third-order valence-electron chi connectivity index (χ3n) is 6.37. The van der Waals surface area contributed by atoms with Gasteiger partial charge in [-0.1, -0.05) is 24.3 Å². The summed E-state index contributed by atoms with van der Waals surface area (Å²) in [5, 5.41) is 9.81. The van der Waals surface area contributed by atoms with E-state index in [0.717, 1.165) is 67.4 Å². The van der Waals surface area contributed by atoms with Gasteiger partial charge in [-0.3, -0.25) is 0 Å². The first kappa shape index (κ1) is 27.1. The van der Waals surface area contributed by atoms with Crippen molar-refractivity contribution in [3.63, 3.8) is 0 Å². The topological polar surface area (TPSA) is 93.6 Å². The van der Waals surface area contributed by atoms with E-state index in [0.29, 0.717) is 13.0 Å². The van der Waals surface area contributed by atoms with Crippen LogP contribution in [-0.4, -0.2) is 43.1 Å². The molecule has 196 valence electrons. The van der Waals surface area contributed by atoms with E-state index in [1.807, 2.05) is 42.5 Å². The molecule has 7 heteroatoms. The number of aromatic nitrogens is 1. The van der Waals surface area contributed by atoms with E-state index in [2.05, 4.69) is 39.0 Å². The molecule has 0 amide bonds. The van der Waals surface area contributed by atoms with Crippen molar-refractivity contribution in [2.75, 3.05) is 18.6 Å². The van der Waals surface area contributed by atoms with Gasteiger partial charge in [0, 0.05) is 23.3 Å². The molecule has 0 fully saturated rings. The molecule has 6 nitrogen and oxygen atoms in total. The number of carboxylic acids is 1. The van der Waals surface area contributed by atoms with Crippen molar-refractivity contribution < 1.29 is 23.1 Å². The summed E-state index contributed by atoms with van der Waals surface area (Å²) in [6, 6.07) is 20.1. The Balaban J connectivity index is 1.62. The highest BCUT2D eigenvalue weighted by atomic mass is 32.2. The molecule has 4 rings (SSSR count). The lowest BCUT2D eigenvalue weighted by Crippen LogP contribution is -2.08. The average molecular weight is 530 g/mol. The van der Waals surface area contributed by atoms with Crippen molar-refractivity contribution in [1.29, 1.82) is 0 Å². The Morgan fingerprint density at radius 1 is 0.947 bits per heavy atom. The van der Waals surface area contributed by atoms with Gasteiger partial charge in [0.15, 0.2) is 0 Å².